The van der Waals surface area contributed by atoms with Gasteiger partial charge in [-0.1, -0.05) is 19.9 Å². The number of pyridine rings is 1. The highest BCUT2D eigenvalue weighted by Gasteiger charge is 2.09. The van der Waals surface area contributed by atoms with Gasteiger partial charge in [-0.3, -0.25) is 4.98 Å². The van der Waals surface area contributed by atoms with Crippen molar-refractivity contribution in [1.29, 1.82) is 0 Å². The quantitative estimate of drug-likeness (QED) is 0.822. The van der Waals surface area contributed by atoms with E-state index in [1.54, 1.807) is 0 Å². The lowest BCUT2D eigenvalue weighted by Gasteiger charge is -2.21. The summed E-state index contributed by atoms with van der Waals surface area (Å²) in [7, 11) is 2.13. The molecule has 0 amide bonds. The highest BCUT2D eigenvalue weighted by molar-refractivity contribution is 5.16. The van der Waals surface area contributed by atoms with E-state index < -0.39 is 0 Å². The molecule has 1 rings (SSSR count). The van der Waals surface area contributed by atoms with E-state index >= 15 is 0 Å². The van der Waals surface area contributed by atoms with E-state index in [9.17, 15) is 0 Å². The van der Waals surface area contributed by atoms with Crippen LogP contribution in [-0.4, -0.2) is 29.5 Å². The third kappa shape index (κ3) is 5.29. The summed E-state index contributed by atoms with van der Waals surface area (Å²) in [6.07, 6.45) is 4.87. The summed E-state index contributed by atoms with van der Waals surface area (Å²) in [5, 5.41) is 0. The number of hydrogen-bond acceptors (Lipinski definition) is 3. The molecule has 0 bridgehead atoms. The van der Waals surface area contributed by atoms with Crippen molar-refractivity contribution in [2.45, 2.75) is 39.8 Å². The van der Waals surface area contributed by atoms with Gasteiger partial charge in [0.25, 0.3) is 0 Å². The molecule has 1 atom stereocenters. The molecule has 96 valence electrons. The molecule has 0 saturated heterocycles. The second-order valence-corrected chi connectivity index (χ2v) is 5.30. The second kappa shape index (κ2) is 6.72. The molecule has 0 radical (unpaired) electrons. The Balaban J connectivity index is 2.37. The van der Waals surface area contributed by atoms with Crippen LogP contribution in [-0.2, 0) is 6.54 Å². The molecular formula is C14H25N3. The molecule has 1 unspecified atom stereocenters. The first kappa shape index (κ1) is 14.1. The van der Waals surface area contributed by atoms with Gasteiger partial charge in [0.1, 0.15) is 0 Å². The molecule has 1 heterocycles. The molecule has 3 nitrogen and oxygen atoms in total. The minimum absolute atomic E-state index is 0.299. The number of aromatic nitrogens is 1. The Morgan fingerprint density at radius 3 is 2.65 bits per heavy atom. The Labute approximate surface area is 105 Å². The summed E-state index contributed by atoms with van der Waals surface area (Å²) in [5.74, 6) is 0.559. The molecule has 2 N–H and O–H groups in total. The van der Waals surface area contributed by atoms with Crippen LogP contribution in [0.1, 0.15) is 31.4 Å². The summed E-state index contributed by atoms with van der Waals surface area (Å²) < 4.78 is 0. The van der Waals surface area contributed by atoms with E-state index in [0.717, 1.165) is 19.5 Å². The smallest absolute Gasteiger partial charge is 0.0313 e. The van der Waals surface area contributed by atoms with Crippen molar-refractivity contribution in [1.82, 2.24) is 9.88 Å². The maximum absolute atomic E-state index is 6.04. The summed E-state index contributed by atoms with van der Waals surface area (Å²) in [6, 6.07) is 2.49. The number of nitrogens with zero attached hydrogens (tertiary/aromatic N) is 2. The molecule has 0 spiro atoms. The Hall–Kier alpha value is -0.930. The predicted octanol–water partition coefficient (Wildman–Crippen LogP) is 2.20. The van der Waals surface area contributed by atoms with Crippen molar-refractivity contribution >= 4 is 0 Å². The zero-order valence-electron chi connectivity index (χ0n) is 11.5. The molecule has 0 saturated carbocycles. The van der Waals surface area contributed by atoms with Gasteiger partial charge in [0.15, 0.2) is 0 Å². The third-order valence-corrected chi connectivity index (χ3v) is 3.08. The highest BCUT2D eigenvalue weighted by atomic mass is 15.1. The molecule has 1 aromatic rings. The van der Waals surface area contributed by atoms with Gasteiger partial charge in [-0.05, 0) is 44.0 Å². The third-order valence-electron chi connectivity index (χ3n) is 3.08. The van der Waals surface area contributed by atoms with Crippen molar-refractivity contribution in [3.05, 3.63) is 29.6 Å². The maximum Gasteiger partial charge on any atom is 0.0313 e. The maximum atomic E-state index is 6.04. The average Bonchev–Trinajstić information content (AvgIpc) is 2.25. The number of nitrogens with two attached hydrogens (primary N) is 1. The molecular weight excluding hydrogens is 210 g/mol. The first-order chi connectivity index (χ1) is 7.99. The Morgan fingerprint density at radius 1 is 1.35 bits per heavy atom. The van der Waals surface area contributed by atoms with Gasteiger partial charge in [0.05, 0.1) is 0 Å². The largest absolute Gasteiger partial charge is 0.327 e. The van der Waals surface area contributed by atoms with Gasteiger partial charge in [-0.25, -0.2) is 0 Å². The van der Waals surface area contributed by atoms with Crippen LogP contribution >= 0.6 is 0 Å². The molecule has 0 aromatic carbocycles. The van der Waals surface area contributed by atoms with Crippen molar-refractivity contribution < 1.29 is 0 Å². The molecule has 0 aliphatic heterocycles. The van der Waals surface area contributed by atoms with Gasteiger partial charge in [-0.15, -0.1) is 0 Å². The molecule has 0 aliphatic carbocycles. The molecule has 1 aromatic heterocycles. The van der Waals surface area contributed by atoms with E-state index in [2.05, 4.69) is 43.8 Å². The van der Waals surface area contributed by atoms with Crippen LogP contribution in [0.15, 0.2) is 18.5 Å². The van der Waals surface area contributed by atoms with E-state index in [1.807, 2.05) is 12.4 Å². The Bertz CT molecular complexity index is 336. The van der Waals surface area contributed by atoms with Gasteiger partial charge in [-0.2, -0.15) is 0 Å². The predicted molar refractivity (Wildman–Crippen MR) is 72.7 cm³/mol. The minimum atomic E-state index is 0.299. The van der Waals surface area contributed by atoms with Gasteiger partial charge >= 0.3 is 0 Å². The second-order valence-electron chi connectivity index (χ2n) is 5.30. The summed E-state index contributed by atoms with van der Waals surface area (Å²) >= 11 is 0. The fourth-order valence-corrected chi connectivity index (χ4v) is 1.80. The summed E-state index contributed by atoms with van der Waals surface area (Å²) in [5.41, 5.74) is 8.53. The number of hydrogen-bond donors (Lipinski definition) is 1. The van der Waals surface area contributed by atoms with Gasteiger partial charge in [0, 0.05) is 25.0 Å². The fraction of sp³-hybridized carbons (Fsp3) is 0.643. The van der Waals surface area contributed by atoms with Crippen molar-refractivity contribution in [3.8, 4) is 0 Å². The van der Waals surface area contributed by atoms with Crippen LogP contribution in [0.3, 0.4) is 0 Å². The standard InChI is InChI=1S/C14H25N3/c1-11(2)14(15)5-6-17(4)10-13-7-12(3)8-16-9-13/h7-9,11,14H,5-6,10,15H2,1-4H3. The fourth-order valence-electron chi connectivity index (χ4n) is 1.80. The minimum Gasteiger partial charge on any atom is -0.327 e. The molecule has 0 aliphatic rings. The van der Waals surface area contributed by atoms with Crippen molar-refractivity contribution in [2.75, 3.05) is 13.6 Å². The SMILES string of the molecule is Cc1cncc(CN(C)CCC(N)C(C)C)c1. The summed E-state index contributed by atoms with van der Waals surface area (Å²) in [6.45, 7) is 8.41. The van der Waals surface area contributed by atoms with Crippen LogP contribution in [0, 0.1) is 12.8 Å². The van der Waals surface area contributed by atoms with Gasteiger partial charge < -0.3 is 10.6 Å². The van der Waals surface area contributed by atoms with Crippen molar-refractivity contribution in [2.24, 2.45) is 11.7 Å². The van der Waals surface area contributed by atoms with E-state index in [-0.39, 0.29) is 0 Å². The van der Waals surface area contributed by atoms with Crippen LogP contribution in [0.4, 0.5) is 0 Å². The van der Waals surface area contributed by atoms with Crippen LogP contribution in [0.25, 0.3) is 0 Å². The van der Waals surface area contributed by atoms with Gasteiger partial charge in [0.2, 0.25) is 0 Å². The topological polar surface area (TPSA) is 42.2 Å². The van der Waals surface area contributed by atoms with E-state index in [4.69, 9.17) is 5.73 Å². The lowest BCUT2D eigenvalue weighted by Crippen LogP contribution is -2.31. The van der Waals surface area contributed by atoms with Crippen LogP contribution < -0.4 is 5.73 Å². The van der Waals surface area contributed by atoms with Crippen molar-refractivity contribution in [3.63, 3.8) is 0 Å². The average molecular weight is 235 g/mol. The van der Waals surface area contributed by atoms with E-state index in [1.165, 1.54) is 11.1 Å². The highest BCUT2D eigenvalue weighted by Crippen LogP contribution is 2.07. The van der Waals surface area contributed by atoms with E-state index in [0.29, 0.717) is 12.0 Å². The first-order valence-corrected chi connectivity index (χ1v) is 6.33. The number of aryl methyl sites for hydroxylation is 1. The zero-order chi connectivity index (χ0) is 12.8. The zero-order valence-corrected chi connectivity index (χ0v) is 11.5. The molecule has 0 fully saturated rings. The summed E-state index contributed by atoms with van der Waals surface area (Å²) in [4.78, 5) is 6.51. The van der Waals surface area contributed by atoms with Crippen LogP contribution in [0.5, 0.6) is 0 Å². The van der Waals surface area contributed by atoms with Crippen LogP contribution in [0.2, 0.25) is 0 Å². The molecule has 3 heteroatoms. The number of rotatable bonds is 6. The normalized spacial score (nSPS) is 13.4. The monoisotopic (exact) mass is 235 g/mol. The Morgan fingerprint density at radius 2 is 2.06 bits per heavy atom. The Kier molecular flexibility index (Phi) is 5.59. The molecule has 17 heavy (non-hydrogen) atoms. The first-order valence-electron chi connectivity index (χ1n) is 6.33. The lowest BCUT2D eigenvalue weighted by molar-refractivity contribution is 0.296. The lowest BCUT2D eigenvalue weighted by atomic mass is 10.0.